The number of ether oxygens (including phenoxy) is 2. The highest BCUT2D eigenvalue weighted by Crippen LogP contribution is 2.30. The summed E-state index contributed by atoms with van der Waals surface area (Å²) in [5, 5.41) is 22.2. The molecule has 0 unspecified atom stereocenters. The van der Waals surface area contributed by atoms with Gasteiger partial charge in [-0.15, -0.1) is 11.3 Å². The number of hydrogen-bond acceptors (Lipinski definition) is 10. The summed E-state index contributed by atoms with van der Waals surface area (Å²) in [6, 6.07) is 7.95. The van der Waals surface area contributed by atoms with Crippen molar-refractivity contribution in [3.63, 3.8) is 0 Å². The van der Waals surface area contributed by atoms with E-state index in [-0.39, 0.29) is 29.4 Å². The summed E-state index contributed by atoms with van der Waals surface area (Å²) in [5.74, 6) is 0.00499. The Morgan fingerprint density at radius 2 is 2.00 bits per heavy atom. The molecule has 6 rings (SSSR count). The van der Waals surface area contributed by atoms with Crippen LogP contribution in [0, 0.1) is 5.41 Å². The van der Waals surface area contributed by atoms with Crippen LogP contribution in [0.1, 0.15) is 28.8 Å². The molecule has 4 aromatic rings. The summed E-state index contributed by atoms with van der Waals surface area (Å²) >= 11 is 1.56. The van der Waals surface area contributed by atoms with E-state index in [1.54, 1.807) is 36.9 Å². The van der Waals surface area contributed by atoms with Crippen molar-refractivity contribution in [3.05, 3.63) is 71.3 Å². The molecule has 2 aliphatic heterocycles. The Kier molecular flexibility index (Phi) is 8.63. The number of carbonyl (C=O) groups excluding carboxylic acids is 2. The zero-order valence-corrected chi connectivity index (χ0v) is 24.7. The average Bonchev–Trinajstić information content (AvgIpc) is 3.70. The molecule has 1 aromatic carbocycles. The fourth-order valence-electron chi connectivity index (χ4n) is 5.62. The van der Waals surface area contributed by atoms with Gasteiger partial charge in [0.05, 0.1) is 44.5 Å². The van der Waals surface area contributed by atoms with Gasteiger partial charge in [-0.2, -0.15) is 5.10 Å². The van der Waals surface area contributed by atoms with Crippen molar-refractivity contribution in [2.75, 3.05) is 53.0 Å². The number of benzene rings is 1. The van der Waals surface area contributed by atoms with Gasteiger partial charge < -0.3 is 25.0 Å². The summed E-state index contributed by atoms with van der Waals surface area (Å²) in [7, 11) is 1.55. The molecule has 43 heavy (non-hydrogen) atoms. The molecule has 0 atom stereocenters. The van der Waals surface area contributed by atoms with Crippen molar-refractivity contribution < 1.29 is 19.1 Å². The summed E-state index contributed by atoms with van der Waals surface area (Å²) in [5.41, 5.74) is 1.40. The Morgan fingerprint density at radius 3 is 2.79 bits per heavy atom. The van der Waals surface area contributed by atoms with E-state index in [0.717, 1.165) is 49.2 Å². The van der Waals surface area contributed by atoms with Gasteiger partial charge >= 0.3 is 0 Å². The molecule has 3 aromatic heterocycles. The first-order valence-corrected chi connectivity index (χ1v) is 15.2. The molecular weight excluding hydrogens is 568 g/mol. The first kappa shape index (κ1) is 28.8. The number of aromatic nitrogens is 3. The van der Waals surface area contributed by atoms with E-state index in [9.17, 15) is 9.59 Å². The van der Waals surface area contributed by atoms with Crippen molar-refractivity contribution in [2.24, 2.45) is 0 Å². The van der Waals surface area contributed by atoms with Gasteiger partial charge in [-0.1, -0.05) is 0 Å². The number of hydrogen-bond donors (Lipinski definition) is 3. The van der Waals surface area contributed by atoms with Gasteiger partial charge in [-0.25, -0.2) is 9.50 Å². The quantitative estimate of drug-likeness (QED) is 0.249. The predicted molar refractivity (Wildman–Crippen MR) is 164 cm³/mol. The van der Waals surface area contributed by atoms with E-state index in [0.29, 0.717) is 36.1 Å². The zero-order chi connectivity index (χ0) is 29.8. The lowest BCUT2D eigenvalue weighted by Crippen LogP contribution is -2.51. The van der Waals surface area contributed by atoms with Gasteiger partial charge in [0.25, 0.3) is 5.91 Å². The minimum Gasteiger partial charge on any atom is -0.496 e. The van der Waals surface area contributed by atoms with Crippen LogP contribution >= 0.6 is 11.3 Å². The van der Waals surface area contributed by atoms with Crippen LogP contribution < -0.4 is 15.4 Å². The molecule has 5 heterocycles. The average molecular weight is 603 g/mol. The number of likely N-dealkylation sites (tertiary alicyclic amines) is 1. The molecule has 0 aliphatic carbocycles. The van der Waals surface area contributed by atoms with Crippen LogP contribution in [0.25, 0.3) is 15.7 Å². The third-order valence-corrected chi connectivity index (χ3v) is 8.84. The smallest absolute Gasteiger partial charge is 0.261 e. The van der Waals surface area contributed by atoms with Crippen LogP contribution in [0.2, 0.25) is 0 Å². The molecular formula is C30H34N8O4S. The third-order valence-electron chi connectivity index (χ3n) is 7.96. The van der Waals surface area contributed by atoms with Gasteiger partial charge in [0.15, 0.2) is 5.65 Å². The number of rotatable bonds is 9. The maximum absolute atomic E-state index is 13.4. The number of nitrogens with zero attached hydrogens (tertiary/aromatic N) is 5. The normalized spacial score (nSPS) is 16.9. The number of allylic oxidation sites excluding steroid dienone is 1. The molecule has 12 nitrogen and oxygen atoms in total. The molecule has 13 heteroatoms. The fourth-order valence-corrected chi connectivity index (χ4v) is 6.43. The lowest BCUT2D eigenvalue weighted by atomic mass is 10.0. The first-order valence-electron chi connectivity index (χ1n) is 14.3. The lowest BCUT2D eigenvalue weighted by Gasteiger charge is -2.40. The molecule has 3 N–H and O–H groups in total. The maximum atomic E-state index is 13.4. The molecule has 0 spiro atoms. The second kappa shape index (κ2) is 12.9. The highest BCUT2D eigenvalue weighted by atomic mass is 32.1. The van der Waals surface area contributed by atoms with Crippen LogP contribution in [0.15, 0.2) is 60.1 Å². The van der Waals surface area contributed by atoms with Gasteiger partial charge in [-0.3, -0.25) is 19.9 Å². The van der Waals surface area contributed by atoms with E-state index < -0.39 is 5.91 Å². The summed E-state index contributed by atoms with van der Waals surface area (Å²) in [4.78, 5) is 35.1. The topological polar surface area (TPSA) is 137 Å². The van der Waals surface area contributed by atoms with E-state index in [1.807, 2.05) is 28.5 Å². The lowest BCUT2D eigenvalue weighted by molar-refractivity contribution is -0.131. The SMILES string of the molecule is COc1cc2ccsc2cc1C(=N)/C(=C\NCC(=O)N1CCC(N2CCOCC2)CC1)NC(=O)c1cnn2cccnc12. The molecule has 0 bridgehead atoms. The predicted octanol–water partition coefficient (Wildman–Crippen LogP) is 2.50. The highest BCUT2D eigenvalue weighted by Gasteiger charge is 2.28. The number of fused-ring (bicyclic) bond motifs is 2. The molecule has 0 radical (unpaired) electrons. The number of thiophene rings is 1. The monoisotopic (exact) mass is 602 g/mol. The number of methoxy groups -OCH3 is 1. The van der Waals surface area contributed by atoms with Gasteiger partial charge in [0.1, 0.15) is 11.3 Å². The molecule has 224 valence electrons. The number of carbonyl (C=O) groups is 2. The van der Waals surface area contributed by atoms with Crippen LogP contribution in [-0.2, 0) is 9.53 Å². The summed E-state index contributed by atoms with van der Waals surface area (Å²) in [6.07, 6.45) is 8.11. The summed E-state index contributed by atoms with van der Waals surface area (Å²) < 4.78 is 13.6. The van der Waals surface area contributed by atoms with Gasteiger partial charge in [-0.05, 0) is 47.9 Å². The van der Waals surface area contributed by atoms with Gasteiger partial charge in [0, 0.05) is 61.1 Å². The van der Waals surface area contributed by atoms with E-state index in [2.05, 4.69) is 25.6 Å². The molecule has 2 aliphatic rings. The van der Waals surface area contributed by atoms with E-state index >= 15 is 0 Å². The Morgan fingerprint density at radius 1 is 1.19 bits per heavy atom. The molecule has 2 amide bonds. The Labute approximate surface area is 252 Å². The van der Waals surface area contributed by atoms with Crippen LogP contribution in [0.3, 0.4) is 0 Å². The number of morpholine rings is 1. The third kappa shape index (κ3) is 6.24. The second-order valence-corrected chi connectivity index (χ2v) is 11.4. The zero-order valence-electron chi connectivity index (χ0n) is 23.9. The van der Waals surface area contributed by atoms with Crippen LogP contribution in [0.4, 0.5) is 0 Å². The molecule has 2 saturated heterocycles. The number of amides is 2. The van der Waals surface area contributed by atoms with E-state index in [1.165, 1.54) is 16.9 Å². The van der Waals surface area contributed by atoms with Crippen LogP contribution in [0.5, 0.6) is 5.75 Å². The van der Waals surface area contributed by atoms with Crippen molar-refractivity contribution in [3.8, 4) is 5.75 Å². The number of nitrogens with one attached hydrogen (secondary N) is 3. The van der Waals surface area contributed by atoms with Crippen molar-refractivity contribution in [1.29, 1.82) is 5.41 Å². The Bertz CT molecular complexity index is 1670. The fraction of sp³-hybridized carbons (Fsp3) is 0.367. The second-order valence-electron chi connectivity index (χ2n) is 10.5. The number of piperidine rings is 1. The van der Waals surface area contributed by atoms with Gasteiger partial charge in [0.2, 0.25) is 5.91 Å². The van der Waals surface area contributed by atoms with Crippen LogP contribution in [-0.4, -0.2) is 101 Å². The van der Waals surface area contributed by atoms with Crippen molar-refractivity contribution in [2.45, 2.75) is 18.9 Å². The Hall–Kier alpha value is -4.33. The van der Waals surface area contributed by atoms with Crippen molar-refractivity contribution >= 4 is 44.6 Å². The standard InChI is InChI=1S/C30H34N8O4S/c1-41-25-15-20-5-14-43-26(20)16-22(25)28(31)24(35-30(40)23-17-34-38-7-2-6-33-29(23)38)18-32-19-27(39)37-8-3-21(4-9-37)36-10-12-42-13-11-36/h2,5-7,14-18,21,31-32H,3-4,8-13,19H2,1H3,(H,35,40)/b24-18+,31-28?. The Balaban J connectivity index is 1.18. The minimum absolute atomic E-state index is 0.0294. The highest BCUT2D eigenvalue weighted by molar-refractivity contribution is 7.17. The largest absolute Gasteiger partial charge is 0.496 e. The summed E-state index contributed by atoms with van der Waals surface area (Å²) in [6.45, 7) is 4.86. The molecule has 2 fully saturated rings. The maximum Gasteiger partial charge on any atom is 0.261 e. The van der Waals surface area contributed by atoms with Crippen molar-refractivity contribution in [1.82, 2.24) is 35.0 Å². The first-order chi connectivity index (χ1) is 21.0. The van der Waals surface area contributed by atoms with E-state index in [4.69, 9.17) is 14.9 Å². The molecule has 0 saturated carbocycles. The minimum atomic E-state index is -0.473.